The Kier molecular flexibility index (Phi) is 6.28. The minimum Gasteiger partial charge on any atom is -0.393 e. The average Bonchev–Trinajstić information content (AvgIpc) is 2.38. The van der Waals surface area contributed by atoms with E-state index in [-0.39, 0.29) is 6.10 Å². The molecule has 1 aromatic rings. The lowest BCUT2D eigenvalue weighted by Gasteiger charge is -2.23. The third kappa shape index (κ3) is 4.91. The molecule has 1 N–H and O–H groups in total. The second-order valence-electron chi connectivity index (χ2n) is 5.15. The van der Waals surface area contributed by atoms with Crippen LogP contribution >= 0.6 is 0 Å². The highest BCUT2D eigenvalue weighted by Gasteiger charge is 2.17. The molecule has 1 rings (SSSR count). The Bertz CT molecular complexity index is 282. The lowest BCUT2D eigenvalue weighted by Crippen LogP contribution is -2.13. The van der Waals surface area contributed by atoms with Gasteiger partial charge in [0.15, 0.2) is 0 Å². The first-order chi connectivity index (χ1) is 8.17. The van der Waals surface area contributed by atoms with Gasteiger partial charge in [0.1, 0.15) is 0 Å². The minimum atomic E-state index is -0.163. The zero-order valence-electron chi connectivity index (χ0n) is 11.4. The molecule has 0 saturated heterocycles. The smallest absolute Gasteiger partial charge is 0.0543 e. The maximum absolute atomic E-state index is 9.88. The van der Waals surface area contributed by atoms with Crippen LogP contribution < -0.4 is 0 Å². The van der Waals surface area contributed by atoms with Gasteiger partial charge in [0.25, 0.3) is 0 Å². The van der Waals surface area contributed by atoms with Gasteiger partial charge in [-0.2, -0.15) is 0 Å². The molecule has 3 atom stereocenters. The van der Waals surface area contributed by atoms with Crippen LogP contribution in [0.1, 0.15) is 57.9 Å². The van der Waals surface area contributed by atoms with Crippen molar-refractivity contribution >= 4 is 0 Å². The fourth-order valence-electron chi connectivity index (χ4n) is 2.24. The number of aliphatic hydroxyl groups excluding tert-OH is 1. The lowest BCUT2D eigenvalue weighted by atomic mass is 9.84. The molecule has 0 aliphatic heterocycles. The van der Waals surface area contributed by atoms with E-state index in [0.717, 1.165) is 18.8 Å². The fraction of sp³-hybridized carbons (Fsp3) is 0.625. The highest BCUT2D eigenvalue weighted by atomic mass is 16.3. The molecule has 1 heteroatoms. The summed E-state index contributed by atoms with van der Waals surface area (Å²) < 4.78 is 0. The van der Waals surface area contributed by atoms with Crippen LogP contribution in [0.5, 0.6) is 0 Å². The van der Waals surface area contributed by atoms with Crippen LogP contribution in [0.4, 0.5) is 0 Å². The molecule has 0 aliphatic carbocycles. The van der Waals surface area contributed by atoms with Crippen molar-refractivity contribution in [3.05, 3.63) is 35.9 Å². The molecule has 0 radical (unpaired) electrons. The second kappa shape index (κ2) is 7.50. The maximum atomic E-state index is 9.88. The van der Waals surface area contributed by atoms with E-state index in [1.165, 1.54) is 18.4 Å². The molecule has 17 heavy (non-hydrogen) atoms. The Morgan fingerprint density at radius 1 is 1.00 bits per heavy atom. The standard InChI is InChI=1S/C16H26O/c1-4-13(3)11-15(12-16(17)5-2)14-9-7-6-8-10-14/h6-10,13,15-17H,4-5,11-12H2,1-3H3. The molecule has 1 aromatic carbocycles. The molecular formula is C16H26O. The Labute approximate surface area is 106 Å². The van der Waals surface area contributed by atoms with Gasteiger partial charge in [-0.05, 0) is 36.7 Å². The molecule has 0 saturated carbocycles. The summed E-state index contributed by atoms with van der Waals surface area (Å²) in [7, 11) is 0. The van der Waals surface area contributed by atoms with Crippen LogP contribution in [0, 0.1) is 5.92 Å². The molecule has 0 heterocycles. The molecule has 96 valence electrons. The normalized spacial score (nSPS) is 16.5. The van der Waals surface area contributed by atoms with E-state index < -0.39 is 0 Å². The van der Waals surface area contributed by atoms with E-state index in [9.17, 15) is 5.11 Å². The SMILES string of the molecule is CCC(C)CC(CC(O)CC)c1ccccc1. The monoisotopic (exact) mass is 234 g/mol. The van der Waals surface area contributed by atoms with E-state index in [1.807, 2.05) is 0 Å². The van der Waals surface area contributed by atoms with Gasteiger partial charge < -0.3 is 5.11 Å². The number of benzene rings is 1. The average molecular weight is 234 g/mol. The van der Waals surface area contributed by atoms with Gasteiger partial charge in [0.05, 0.1) is 6.10 Å². The summed E-state index contributed by atoms with van der Waals surface area (Å²) in [6.07, 6.45) is 3.97. The highest BCUT2D eigenvalue weighted by molar-refractivity contribution is 5.19. The minimum absolute atomic E-state index is 0.163. The van der Waals surface area contributed by atoms with Crippen molar-refractivity contribution in [2.45, 2.75) is 58.5 Å². The van der Waals surface area contributed by atoms with Crippen LogP contribution in [0.2, 0.25) is 0 Å². The third-order valence-electron chi connectivity index (χ3n) is 3.68. The zero-order valence-corrected chi connectivity index (χ0v) is 11.4. The Hall–Kier alpha value is -0.820. The molecular weight excluding hydrogens is 208 g/mol. The summed E-state index contributed by atoms with van der Waals surface area (Å²) in [5.74, 6) is 1.23. The van der Waals surface area contributed by atoms with E-state index in [2.05, 4.69) is 51.1 Å². The summed E-state index contributed by atoms with van der Waals surface area (Å²) in [4.78, 5) is 0. The van der Waals surface area contributed by atoms with E-state index in [1.54, 1.807) is 0 Å². The first-order valence-corrected chi connectivity index (χ1v) is 6.90. The van der Waals surface area contributed by atoms with Gasteiger partial charge >= 0.3 is 0 Å². The summed E-state index contributed by atoms with van der Waals surface area (Å²) in [6, 6.07) is 10.6. The van der Waals surface area contributed by atoms with Crippen molar-refractivity contribution in [1.29, 1.82) is 0 Å². The summed E-state index contributed by atoms with van der Waals surface area (Å²) in [6.45, 7) is 6.59. The predicted molar refractivity (Wildman–Crippen MR) is 74.2 cm³/mol. The van der Waals surface area contributed by atoms with Gasteiger partial charge in [0.2, 0.25) is 0 Å². The molecule has 0 amide bonds. The first-order valence-electron chi connectivity index (χ1n) is 6.90. The Morgan fingerprint density at radius 3 is 2.18 bits per heavy atom. The van der Waals surface area contributed by atoms with Gasteiger partial charge in [-0.25, -0.2) is 0 Å². The zero-order chi connectivity index (χ0) is 12.7. The van der Waals surface area contributed by atoms with Crippen molar-refractivity contribution in [3.63, 3.8) is 0 Å². The molecule has 1 nitrogen and oxygen atoms in total. The number of hydrogen-bond acceptors (Lipinski definition) is 1. The van der Waals surface area contributed by atoms with E-state index >= 15 is 0 Å². The largest absolute Gasteiger partial charge is 0.393 e. The molecule has 3 unspecified atom stereocenters. The van der Waals surface area contributed by atoms with E-state index in [0.29, 0.717) is 5.92 Å². The van der Waals surface area contributed by atoms with Gasteiger partial charge in [-0.1, -0.05) is 57.5 Å². The van der Waals surface area contributed by atoms with Crippen LogP contribution in [0.3, 0.4) is 0 Å². The first kappa shape index (κ1) is 14.2. The van der Waals surface area contributed by atoms with Gasteiger partial charge in [0, 0.05) is 0 Å². The van der Waals surface area contributed by atoms with Crippen LogP contribution in [0.25, 0.3) is 0 Å². The van der Waals surface area contributed by atoms with Crippen LogP contribution in [0.15, 0.2) is 30.3 Å². The lowest BCUT2D eigenvalue weighted by molar-refractivity contribution is 0.146. The fourth-order valence-corrected chi connectivity index (χ4v) is 2.24. The number of aliphatic hydroxyl groups is 1. The van der Waals surface area contributed by atoms with Crippen LogP contribution in [-0.2, 0) is 0 Å². The molecule has 0 spiro atoms. The number of rotatable bonds is 7. The molecule has 0 aliphatic rings. The van der Waals surface area contributed by atoms with Crippen molar-refractivity contribution in [1.82, 2.24) is 0 Å². The molecule has 0 aromatic heterocycles. The molecule has 0 fully saturated rings. The maximum Gasteiger partial charge on any atom is 0.0543 e. The van der Waals surface area contributed by atoms with Crippen molar-refractivity contribution < 1.29 is 5.11 Å². The molecule has 0 bridgehead atoms. The van der Waals surface area contributed by atoms with Gasteiger partial charge in [-0.3, -0.25) is 0 Å². The van der Waals surface area contributed by atoms with Gasteiger partial charge in [-0.15, -0.1) is 0 Å². The second-order valence-corrected chi connectivity index (χ2v) is 5.15. The van der Waals surface area contributed by atoms with Crippen molar-refractivity contribution in [2.75, 3.05) is 0 Å². The summed E-state index contributed by atoms with van der Waals surface area (Å²) in [5, 5.41) is 9.88. The predicted octanol–water partition coefficient (Wildman–Crippen LogP) is 4.37. The summed E-state index contributed by atoms with van der Waals surface area (Å²) >= 11 is 0. The topological polar surface area (TPSA) is 20.2 Å². The Morgan fingerprint density at radius 2 is 1.65 bits per heavy atom. The van der Waals surface area contributed by atoms with E-state index in [4.69, 9.17) is 0 Å². The highest BCUT2D eigenvalue weighted by Crippen LogP contribution is 2.30. The van der Waals surface area contributed by atoms with Crippen molar-refractivity contribution in [2.24, 2.45) is 5.92 Å². The third-order valence-corrected chi connectivity index (χ3v) is 3.68. The number of hydrogen-bond donors (Lipinski definition) is 1. The van der Waals surface area contributed by atoms with Crippen LogP contribution in [-0.4, -0.2) is 11.2 Å². The Balaban J connectivity index is 2.72. The van der Waals surface area contributed by atoms with Crippen molar-refractivity contribution in [3.8, 4) is 0 Å². The quantitative estimate of drug-likeness (QED) is 0.743. The summed E-state index contributed by atoms with van der Waals surface area (Å²) in [5.41, 5.74) is 1.38.